The van der Waals surface area contributed by atoms with Gasteiger partial charge in [-0.05, 0) is 30.7 Å². The Balaban J connectivity index is 1.58. The average Bonchev–Trinajstić information content (AvgIpc) is 3.35. The first-order valence-corrected chi connectivity index (χ1v) is 9.78. The van der Waals surface area contributed by atoms with Crippen LogP contribution in [0.25, 0.3) is 22.5 Å². The summed E-state index contributed by atoms with van der Waals surface area (Å²) in [6.45, 7) is 2.00. The molecule has 1 aliphatic rings. The number of nitrogens with zero attached hydrogens (tertiary/aromatic N) is 1. The van der Waals surface area contributed by atoms with Gasteiger partial charge in [-0.3, -0.25) is 4.79 Å². The minimum atomic E-state index is -0.105. The molecule has 1 aromatic heterocycles. The molecule has 0 fully saturated rings. The highest BCUT2D eigenvalue weighted by Crippen LogP contribution is 2.37. The van der Waals surface area contributed by atoms with E-state index in [1.807, 2.05) is 85.8 Å². The number of para-hydroxylation sites is 1. The molecule has 1 amide bonds. The lowest BCUT2D eigenvalue weighted by Crippen LogP contribution is -2.10. The summed E-state index contributed by atoms with van der Waals surface area (Å²) in [4.78, 5) is 20.4. The summed E-state index contributed by atoms with van der Waals surface area (Å²) in [7, 11) is 0. The van der Waals surface area contributed by atoms with Crippen LogP contribution in [0.5, 0.6) is 0 Å². The maximum absolute atomic E-state index is 12.9. The number of carbonyl (C=O) groups is 1. The van der Waals surface area contributed by atoms with Crippen molar-refractivity contribution in [2.45, 2.75) is 6.92 Å². The number of hydrogen-bond acceptors (Lipinski definition) is 3. The number of anilines is 2. The van der Waals surface area contributed by atoms with Crippen LogP contribution in [0.2, 0.25) is 0 Å². The molecule has 3 N–H and O–H groups in total. The molecule has 30 heavy (non-hydrogen) atoms. The van der Waals surface area contributed by atoms with Gasteiger partial charge >= 0.3 is 0 Å². The molecule has 0 unspecified atom stereocenters. The normalized spacial score (nSPS) is 14.2. The maximum Gasteiger partial charge on any atom is 0.258 e. The lowest BCUT2D eigenvalue weighted by molar-refractivity contribution is -0.110. The van der Waals surface area contributed by atoms with Crippen molar-refractivity contribution in [3.05, 3.63) is 102 Å². The summed E-state index contributed by atoms with van der Waals surface area (Å²) < 4.78 is 0. The average molecular weight is 392 g/mol. The Kier molecular flexibility index (Phi) is 4.41. The number of carbonyl (C=O) groups excluding carboxylic acids is 1. The van der Waals surface area contributed by atoms with Crippen molar-refractivity contribution < 1.29 is 4.79 Å². The molecule has 4 aromatic rings. The van der Waals surface area contributed by atoms with Gasteiger partial charge in [0.15, 0.2) is 0 Å². The van der Waals surface area contributed by atoms with Crippen LogP contribution in [0.1, 0.15) is 16.8 Å². The van der Waals surface area contributed by atoms with Gasteiger partial charge < -0.3 is 15.6 Å². The molecule has 0 spiro atoms. The number of rotatable bonds is 4. The molecule has 3 aromatic carbocycles. The number of nitrogens with one attached hydrogen (secondary N) is 3. The monoisotopic (exact) mass is 392 g/mol. The summed E-state index contributed by atoms with van der Waals surface area (Å²) >= 11 is 0. The summed E-state index contributed by atoms with van der Waals surface area (Å²) in [6.07, 6.45) is 1.70. The van der Waals surface area contributed by atoms with E-state index < -0.39 is 0 Å². The smallest absolute Gasteiger partial charge is 0.258 e. The number of benzene rings is 3. The van der Waals surface area contributed by atoms with E-state index in [1.165, 1.54) is 0 Å². The highest BCUT2D eigenvalue weighted by atomic mass is 16.2. The second-order valence-corrected chi connectivity index (χ2v) is 7.19. The first kappa shape index (κ1) is 17.9. The van der Waals surface area contributed by atoms with E-state index in [-0.39, 0.29) is 5.91 Å². The number of hydrogen-bond donors (Lipinski definition) is 3. The third-order valence-electron chi connectivity index (χ3n) is 5.24. The molecule has 146 valence electrons. The Hall–Kier alpha value is -4.12. The molecule has 0 aliphatic carbocycles. The topological polar surface area (TPSA) is 69.8 Å². The quantitative estimate of drug-likeness (QED) is 0.412. The highest BCUT2D eigenvalue weighted by molar-refractivity contribution is 6.37. The second-order valence-electron chi connectivity index (χ2n) is 7.19. The first-order valence-electron chi connectivity index (χ1n) is 9.78. The van der Waals surface area contributed by atoms with E-state index in [0.717, 1.165) is 45.2 Å². The van der Waals surface area contributed by atoms with Gasteiger partial charge in [-0.15, -0.1) is 0 Å². The minimum Gasteiger partial charge on any atom is -0.354 e. The number of amides is 1. The van der Waals surface area contributed by atoms with Crippen LogP contribution in [0.15, 0.2) is 85.2 Å². The third-order valence-corrected chi connectivity index (χ3v) is 5.24. The van der Waals surface area contributed by atoms with Gasteiger partial charge in [0, 0.05) is 28.2 Å². The SMILES string of the molecule is Cc1[nH]cnc1-c1ccc(NC(=C2C(=O)Nc3ccccc32)c2ccccc2)cc1. The number of H-pyrrole nitrogens is 1. The van der Waals surface area contributed by atoms with E-state index in [1.54, 1.807) is 6.33 Å². The fraction of sp³-hybridized carbons (Fsp3) is 0.0400. The highest BCUT2D eigenvalue weighted by Gasteiger charge is 2.28. The van der Waals surface area contributed by atoms with Gasteiger partial charge in [-0.2, -0.15) is 0 Å². The van der Waals surface area contributed by atoms with Crippen molar-refractivity contribution >= 4 is 28.6 Å². The zero-order chi connectivity index (χ0) is 20.5. The van der Waals surface area contributed by atoms with Gasteiger partial charge in [-0.25, -0.2) is 4.98 Å². The van der Waals surface area contributed by atoms with Crippen LogP contribution in [0, 0.1) is 6.92 Å². The maximum atomic E-state index is 12.9. The Morgan fingerprint density at radius 3 is 2.37 bits per heavy atom. The molecule has 5 rings (SSSR count). The van der Waals surface area contributed by atoms with Crippen LogP contribution in [-0.4, -0.2) is 15.9 Å². The van der Waals surface area contributed by atoms with Gasteiger partial charge in [0.25, 0.3) is 5.91 Å². The molecule has 5 heteroatoms. The van der Waals surface area contributed by atoms with Crippen LogP contribution in [0.4, 0.5) is 11.4 Å². The molecule has 0 radical (unpaired) electrons. The Labute approximate surface area is 174 Å². The van der Waals surface area contributed by atoms with Crippen molar-refractivity contribution in [3.63, 3.8) is 0 Å². The third kappa shape index (κ3) is 3.16. The minimum absolute atomic E-state index is 0.105. The van der Waals surface area contributed by atoms with Crippen LogP contribution >= 0.6 is 0 Å². The van der Waals surface area contributed by atoms with Crippen molar-refractivity contribution in [2.75, 3.05) is 10.6 Å². The molecule has 0 atom stereocenters. The summed E-state index contributed by atoms with van der Waals surface area (Å²) in [5.74, 6) is -0.105. The Bertz CT molecular complexity index is 1250. The van der Waals surface area contributed by atoms with E-state index in [9.17, 15) is 4.79 Å². The predicted molar refractivity (Wildman–Crippen MR) is 121 cm³/mol. The van der Waals surface area contributed by atoms with E-state index >= 15 is 0 Å². The predicted octanol–water partition coefficient (Wildman–Crippen LogP) is 5.32. The molecular weight excluding hydrogens is 372 g/mol. The number of aryl methyl sites for hydroxylation is 1. The van der Waals surface area contributed by atoms with Crippen molar-refractivity contribution in [3.8, 4) is 11.3 Å². The van der Waals surface area contributed by atoms with Crippen molar-refractivity contribution in [2.24, 2.45) is 0 Å². The number of fused-ring (bicyclic) bond motifs is 1. The molecule has 1 aliphatic heterocycles. The van der Waals surface area contributed by atoms with Crippen LogP contribution in [-0.2, 0) is 4.79 Å². The molecule has 5 nitrogen and oxygen atoms in total. The first-order chi connectivity index (χ1) is 14.7. The molecular formula is C25H20N4O. The second kappa shape index (κ2) is 7.37. The zero-order valence-electron chi connectivity index (χ0n) is 16.4. The van der Waals surface area contributed by atoms with Gasteiger partial charge in [0.05, 0.1) is 23.3 Å². The molecule has 0 saturated carbocycles. The van der Waals surface area contributed by atoms with Crippen molar-refractivity contribution in [1.29, 1.82) is 0 Å². The van der Waals surface area contributed by atoms with Crippen LogP contribution < -0.4 is 10.6 Å². The summed E-state index contributed by atoms with van der Waals surface area (Å²) in [6, 6.07) is 25.8. The summed E-state index contributed by atoms with van der Waals surface area (Å²) in [5.41, 5.74) is 8.01. The van der Waals surface area contributed by atoms with E-state index in [2.05, 4.69) is 20.6 Å². The molecule has 0 bridgehead atoms. The largest absolute Gasteiger partial charge is 0.354 e. The standard InChI is InChI=1S/C25H20N4O/c1-16-23(27-15-26-16)18-11-13-19(14-12-18)28-24(17-7-3-2-4-8-17)22-20-9-5-6-10-21(20)29-25(22)30/h2-15,28H,1H3,(H,26,27)(H,29,30). The summed E-state index contributed by atoms with van der Waals surface area (Å²) in [5, 5.41) is 6.46. The van der Waals surface area contributed by atoms with Crippen molar-refractivity contribution in [1.82, 2.24) is 9.97 Å². The number of aromatic amines is 1. The fourth-order valence-corrected chi connectivity index (χ4v) is 3.75. The van der Waals surface area contributed by atoms with Crippen LogP contribution in [0.3, 0.4) is 0 Å². The van der Waals surface area contributed by atoms with Gasteiger partial charge in [-0.1, -0.05) is 60.7 Å². The zero-order valence-corrected chi connectivity index (χ0v) is 16.4. The lowest BCUT2D eigenvalue weighted by atomic mass is 10.00. The number of imidazole rings is 1. The fourth-order valence-electron chi connectivity index (χ4n) is 3.75. The Morgan fingerprint density at radius 1 is 0.900 bits per heavy atom. The Morgan fingerprint density at radius 2 is 1.63 bits per heavy atom. The van der Waals surface area contributed by atoms with E-state index in [4.69, 9.17) is 0 Å². The van der Waals surface area contributed by atoms with Gasteiger partial charge in [0.2, 0.25) is 0 Å². The molecule has 0 saturated heterocycles. The number of aromatic nitrogens is 2. The molecule has 2 heterocycles. The van der Waals surface area contributed by atoms with Gasteiger partial charge in [0.1, 0.15) is 0 Å². The van der Waals surface area contributed by atoms with E-state index in [0.29, 0.717) is 5.57 Å². The lowest BCUT2D eigenvalue weighted by Gasteiger charge is -2.15.